The van der Waals surface area contributed by atoms with Crippen LogP contribution in [0.2, 0.25) is 0 Å². The zero-order valence-electron chi connectivity index (χ0n) is 18.0. The molecule has 6 nitrogen and oxygen atoms in total. The second-order valence-corrected chi connectivity index (χ2v) is 7.51. The molecule has 0 spiro atoms. The molecule has 29 heavy (non-hydrogen) atoms. The van der Waals surface area contributed by atoms with Crippen LogP contribution in [-0.2, 0) is 16.8 Å². The lowest BCUT2D eigenvalue weighted by Gasteiger charge is -2.26. The van der Waals surface area contributed by atoms with Crippen molar-refractivity contribution in [2.24, 2.45) is 4.99 Å². The Balaban J connectivity index is 2.09. The second-order valence-electron chi connectivity index (χ2n) is 7.51. The van der Waals surface area contributed by atoms with E-state index in [-0.39, 0.29) is 11.3 Å². The Hall–Kier alpha value is -3.02. The predicted molar refractivity (Wildman–Crippen MR) is 120 cm³/mol. The predicted octanol–water partition coefficient (Wildman–Crippen LogP) is 3.69. The summed E-state index contributed by atoms with van der Waals surface area (Å²) in [7, 11) is 1.58. The lowest BCUT2D eigenvalue weighted by molar-refractivity contribution is -0.114. The van der Waals surface area contributed by atoms with Gasteiger partial charge in [0.25, 0.3) is 0 Å². The second kappa shape index (κ2) is 10.5. The van der Waals surface area contributed by atoms with E-state index in [4.69, 9.17) is 9.73 Å². The molecule has 0 bridgehead atoms. The number of methoxy groups -OCH3 is 1. The SMILES string of the molecule is CCNC(=NCc1ccc(OC)c(NC(C)=O)c1)NCC(C)(C)c1ccccc1. The first-order valence-electron chi connectivity index (χ1n) is 9.88. The van der Waals surface area contributed by atoms with E-state index in [1.54, 1.807) is 7.11 Å². The first-order valence-corrected chi connectivity index (χ1v) is 9.88. The molecule has 0 heterocycles. The monoisotopic (exact) mass is 396 g/mol. The maximum Gasteiger partial charge on any atom is 0.221 e. The van der Waals surface area contributed by atoms with Crippen molar-refractivity contribution in [2.75, 3.05) is 25.5 Å². The zero-order chi connectivity index (χ0) is 21.3. The topological polar surface area (TPSA) is 74.8 Å². The summed E-state index contributed by atoms with van der Waals surface area (Å²) in [4.78, 5) is 16.1. The normalized spacial score (nSPS) is 11.7. The molecule has 0 saturated carbocycles. The Morgan fingerprint density at radius 2 is 1.83 bits per heavy atom. The number of aliphatic imine (C=N–C) groups is 1. The van der Waals surface area contributed by atoms with Gasteiger partial charge in [-0.2, -0.15) is 0 Å². The van der Waals surface area contributed by atoms with Crippen molar-refractivity contribution in [3.05, 3.63) is 59.7 Å². The fourth-order valence-electron chi connectivity index (χ4n) is 2.95. The van der Waals surface area contributed by atoms with Crippen LogP contribution in [-0.4, -0.2) is 32.1 Å². The number of hydrogen-bond donors (Lipinski definition) is 3. The van der Waals surface area contributed by atoms with Crippen LogP contribution in [0.1, 0.15) is 38.8 Å². The number of guanidine groups is 1. The van der Waals surface area contributed by atoms with E-state index in [9.17, 15) is 4.79 Å². The molecule has 6 heteroatoms. The van der Waals surface area contributed by atoms with Gasteiger partial charge in [-0.25, -0.2) is 4.99 Å². The van der Waals surface area contributed by atoms with Gasteiger partial charge in [0, 0.05) is 25.4 Å². The summed E-state index contributed by atoms with van der Waals surface area (Å²) in [5, 5.41) is 9.53. The average molecular weight is 397 g/mol. The quantitative estimate of drug-likeness (QED) is 0.470. The van der Waals surface area contributed by atoms with Crippen molar-refractivity contribution < 1.29 is 9.53 Å². The van der Waals surface area contributed by atoms with Gasteiger partial charge in [-0.15, -0.1) is 0 Å². The molecule has 156 valence electrons. The molecule has 0 radical (unpaired) electrons. The molecule has 0 saturated heterocycles. The van der Waals surface area contributed by atoms with Crippen LogP contribution in [0.5, 0.6) is 5.75 Å². The number of benzene rings is 2. The third-order valence-corrected chi connectivity index (χ3v) is 4.59. The summed E-state index contributed by atoms with van der Waals surface area (Å²) in [5.41, 5.74) is 2.87. The van der Waals surface area contributed by atoms with Crippen LogP contribution >= 0.6 is 0 Å². The molecule has 0 atom stereocenters. The smallest absolute Gasteiger partial charge is 0.221 e. The molecule has 2 aromatic carbocycles. The Morgan fingerprint density at radius 3 is 2.45 bits per heavy atom. The first-order chi connectivity index (χ1) is 13.9. The maximum atomic E-state index is 11.4. The number of hydrogen-bond acceptors (Lipinski definition) is 3. The maximum absolute atomic E-state index is 11.4. The van der Waals surface area contributed by atoms with Crippen molar-refractivity contribution in [3.63, 3.8) is 0 Å². The Bertz CT molecular complexity index is 832. The molecule has 0 aliphatic heterocycles. The third-order valence-electron chi connectivity index (χ3n) is 4.59. The molecule has 0 unspecified atom stereocenters. The van der Waals surface area contributed by atoms with Crippen molar-refractivity contribution in [2.45, 2.75) is 39.7 Å². The fraction of sp³-hybridized carbons (Fsp3) is 0.391. The number of nitrogens with zero attached hydrogens (tertiary/aromatic N) is 1. The molecular weight excluding hydrogens is 364 g/mol. The Morgan fingerprint density at radius 1 is 1.10 bits per heavy atom. The van der Waals surface area contributed by atoms with Gasteiger partial charge in [0.05, 0.1) is 19.3 Å². The molecule has 1 amide bonds. The van der Waals surface area contributed by atoms with E-state index in [1.165, 1.54) is 12.5 Å². The first kappa shape index (κ1) is 22.3. The van der Waals surface area contributed by atoms with Gasteiger partial charge >= 0.3 is 0 Å². The van der Waals surface area contributed by atoms with E-state index in [0.717, 1.165) is 24.6 Å². The van der Waals surface area contributed by atoms with Crippen molar-refractivity contribution in [1.29, 1.82) is 0 Å². The van der Waals surface area contributed by atoms with Crippen LogP contribution in [0.3, 0.4) is 0 Å². The standard InChI is InChI=1S/C23H32N4O2/c1-6-24-22(26-16-23(3,4)19-10-8-7-9-11-19)25-15-18-12-13-21(29-5)20(14-18)27-17(2)28/h7-14H,6,15-16H2,1-5H3,(H,27,28)(H2,24,25,26). The molecule has 2 aromatic rings. The summed E-state index contributed by atoms with van der Waals surface area (Å²) >= 11 is 0. The van der Waals surface area contributed by atoms with Gasteiger partial charge in [0.2, 0.25) is 5.91 Å². The number of nitrogens with one attached hydrogen (secondary N) is 3. The van der Waals surface area contributed by atoms with E-state index in [1.807, 2.05) is 31.2 Å². The number of anilines is 1. The largest absolute Gasteiger partial charge is 0.495 e. The van der Waals surface area contributed by atoms with Crippen LogP contribution in [0.25, 0.3) is 0 Å². The van der Waals surface area contributed by atoms with Crippen LogP contribution in [0, 0.1) is 0 Å². The Labute approximate surface area is 173 Å². The van der Waals surface area contributed by atoms with E-state index >= 15 is 0 Å². The van der Waals surface area contributed by atoms with Gasteiger partial charge in [0.1, 0.15) is 5.75 Å². The number of amides is 1. The van der Waals surface area contributed by atoms with Gasteiger partial charge in [-0.3, -0.25) is 4.79 Å². The highest BCUT2D eigenvalue weighted by Gasteiger charge is 2.20. The minimum Gasteiger partial charge on any atom is -0.495 e. The molecule has 0 fully saturated rings. The van der Waals surface area contributed by atoms with Crippen LogP contribution in [0.15, 0.2) is 53.5 Å². The fourth-order valence-corrected chi connectivity index (χ4v) is 2.95. The van der Waals surface area contributed by atoms with Crippen molar-refractivity contribution in [3.8, 4) is 5.75 Å². The van der Waals surface area contributed by atoms with Crippen molar-refractivity contribution >= 4 is 17.6 Å². The summed E-state index contributed by atoms with van der Waals surface area (Å²) in [6, 6.07) is 16.1. The summed E-state index contributed by atoms with van der Waals surface area (Å²) in [6.07, 6.45) is 0. The van der Waals surface area contributed by atoms with E-state index in [2.05, 4.69) is 54.1 Å². The molecular formula is C23H32N4O2. The molecule has 0 aliphatic rings. The average Bonchev–Trinajstić information content (AvgIpc) is 2.70. The summed E-state index contributed by atoms with van der Waals surface area (Å²) in [5.74, 6) is 1.25. The lowest BCUT2D eigenvalue weighted by Crippen LogP contribution is -2.43. The zero-order valence-corrected chi connectivity index (χ0v) is 18.0. The number of rotatable bonds is 8. The van der Waals surface area contributed by atoms with Gasteiger partial charge in [-0.1, -0.05) is 50.2 Å². The highest BCUT2D eigenvalue weighted by molar-refractivity contribution is 5.90. The number of ether oxygens (including phenoxy) is 1. The molecule has 0 aliphatic carbocycles. The summed E-state index contributed by atoms with van der Waals surface area (Å²) < 4.78 is 5.31. The van der Waals surface area contributed by atoms with Crippen molar-refractivity contribution in [1.82, 2.24) is 10.6 Å². The molecule has 3 N–H and O–H groups in total. The van der Waals surface area contributed by atoms with E-state index < -0.39 is 0 Å². The molecule has 0 aromatic heterocycles. The molecule has 2 rings (SSSR count). The van der Waals surface area contributed by atoms with Gasteiger partial charge < -0.3 is 20.7 Å². The Kier molecular flexibility index (Phi) is 8.07. The lowest BCUT2D eigenvalue weighted by atomic mass is 9.85. The number of carbonyl (C=O) groups is 1. The van der Waals surface area contributed by atoms with Gasteiger partial charge in [-0.05, 0) is 30.2 Å². The summed E-state index contributed by atoms with van der Waals surface area (Å²) in [6.45, 7) is 9.95. The minimum absolute atomic E-state index is 0.0316. The van der Waals surface area contributed by atoms with Crippen LogP contribution in [0.4, 0.5) is 5.69 Å². The minimum atomic E-state index is -0.137. The van der Waals surface area contributed by atoms with Crippen LogP contribution < -0.4 is 20.7 Å². The van der Waals surface area contributed by atoms with E-state index in [0.29, 0.717) is 18.0 Å². The highest BCUT2D eigenvalue weighted by Crippen LogP contribution is 2.26. The third kappa shape index (κ3) is 6.82. The highest BCUT2D eigenvalue weighted by atomic mass is 16.5. The number of carbonyl (C=O) groups excluding carboxylic acids is 1. The van der Waals surface area contributed by atoms with Gasteiger partial charge in [0.15, 0.2) is 5.96 Å².